The lowest BCUT2D eigenvalue weighted by Crippen LogP contribution is -2.20. The van der Waals surface area contributed by atoms with Crippen molar-refractivity contribution in [3.8, 4) is 34.5 Å². The van der Waals surface area contributed by atoms with Crippen LogP contribution in [-0.4, -0.2) is 45.9 Å². The Morgan fingerprint density at radius 2 is 1.67 bits per heavy atom. The second-order valence-corrected chi connectivity index (χ2v) is 5.74. The van der Waals surface area contributed by atoms with Gasteiger partial charge in [0.1, 0.15) is 17.9 Å². The topological polar surface area (TPSA) is 83.5 Å². The van der Waals surface area contributed by atoms with Crippen LogP contribution in [0.1, 0.15) is 15.9 Å². The van der Waals surface area contributed by atoms with E-state index in [0.29, 0.717) is 34.1 Å². The van der Waals surface area contributed by atoms with Gasteiger partial charge in [-0.15, -0.1) is 0 Å². The first-order valence-electron chi connectivity index (χ1n) is 8.12. The molecular formula is C20H20O7. The van der Waals surface area contributed by atoms with E-state index in [2.05, 4.69) is 0 Å². The molecule has 1 aliphatic rings. The maximum Gasteiger partial charge on any atom is 0.204 e. The van der Waals surface area contributed by atoms with E-state index in [0.717, 1.165) is 0 Å². The molecule has 0 aromatic heterocycles. The van der Waals surface area contributed by atoms with Crippen molar-refractivity contribution in [1.82, 2.24) is 0 Å². The number of carbonyl (C=O) groups excluding carboxylic acids is 1. The lowest BCUT2D eigenvalue weighted by molar-refractivity contribution is 0.0996. The molecule has 1 heterocycles. The van der Waals surface area contributed by atoms with Gasteiger partial charge in [-0.1, -0.05) is 6.07 Å². The summed E-state index contributed by atoms with van der Waals surface area (Å²) in [5, 5.41) is 9.72. The molecule has 0 amide bonds. The zero-order chi connectivity index (χ0) is 19.6. The Morgan fingerprint density at radius 3 is 2.30 bits per heavy atom. The fraction of sp³-hybridized carbons (Fsp3) is 0.250. The van der Waals surface area contributed by atoms with Gasteiger partial charge in [-0.2, -0.15) is 0 Å². The van der Waals surface area contributed by atoms with E-state index in [-0.39, 0.29) is 29.5 Å². The monoisotopic (exact) mass is 372 g/mol. The number of aromatic hydroxyl groups is 1. The second kappa shape index (κ2) is 7.49. The Bertz CT molecular complexity index is 915. The van der Waals surface area contributed by atoms with Crippen molar-refractivity contribution in [2.75, 3.05) is 35.0 Å². The Morgan fingerprint density at radius 1 is 0.963 bits per heavy atom. The summed E-state index contributed by atoms with van der Waals surface area (Å²) in [6.45, 7) is 0.0909. The molecule has 0 bridgehead atoms. The van der Waals surface area contributed by atoms with Crippen LogP contribution in [0.15, 0.2) is 29.8 Å². The first-order chi connectivity index (χ1) is 13.0. The number of methoxy groups -OCH3 is 4. The largest absolute Gasteiger partial charge is 0.504 e. The smallest absolute Gasteiger partial charge is 0.204 e. The zero-order valence-electron chi connectivity index (χ0n) is 15.5. The average Bonchev–Trinajstić information content (AvgIpc) is 2.69. The molecule has 0 spiro atoms. The first-order valence-corrected chi connectivity index (χ1v) is 8.12. The molecule has 7 heteroatoms. The number of ether oxygens (including phenoxy) is 5. The van der Waals surface area contributed by atoms with Gasteiger partial charge in [0.15, 0.2) is 28.8 Å². The Kier molecular flexibility index (Phi) is 5.12. The van der Waals surface area contributed by atoms with Crippen molar-refractivity contribution < 1.29 is 33.6 Å². The SMILES string of the molecule is COc1cc(/C=C2\COc3cc(OC)c(OC)c(OC)c3C2=O)ccc1O. The van der Waals surface area contributed by atoms with Crippen LogP contribution in [0.2, 0.25) is 0 Å². The molecule has 0 atom stereocenters. The molecule has 0 fully saturated rings. The molecule has 2 aromatic carbocycles. The van der Waals surface area contributed by atoms with Gasteiger partial charge >= 0.3 is 0 Å². The molecule has 3 rings (SSSR count). The van der Waals surface area contributed by atoms with Gasteiger partial charge in [0.25, 0.3) is 0 Å². The minimum absolute atomic E-state index is 0.0229. The Balaban J connectivity index is 2.08. The molecule has 7 nitrogen and oxygen atoms in total. The van der Waals surface area contributed by atoms with Crippen LogP contribution in [0.4, 0.5) is 0 Å². The molecule has 27 heavy (non-hydrogen) atoms. The minimum atomic E-state index is -0.235. The summed E-state index contributed by atoms with van der Waals surface area (Å²) < 4.78 is 26.9. The molecule has 142 valence electrons. The van der Waals surface area contributed by atoms with E-state index in [1.54, 1.807) is 24.3 Å². The van der Waals surface area contributed by atoms with Crippen molar-refractivity contribution in [2.45, 2.75) is 0 Å². The zero-order valence-corrected chi connectivity index (χ0v) is 15.5. The van der Waals surface area contributed by atoms with Gasteiger partial charge in [0, 0.05) is 11.6 Å². The van der Waals surface area contributed by atoms with Gasteiger partial charge < -0.3 is 28.8 Å². The van der Waals surface area contributed by atoms with Gasteiger partial charge in [0.2, 0.25) is 5.75 Å². The predicted octanol–water partition coefficient (Wildman–Crippen LogP) is 3.09. The number of Topliss-reactive ketones (excluding diaryl/α,β-unsaturated/α-hetero) is 1. The number of rotatable bonds is 5. The van der Waals surface area contributed by atoms with Crippen molar-refractivity contribution in [2.24, 2.45) is 0 Å². The third kappa shape index (κ3) is 3.23. The lowest BCUT2D eigenvalue weighted by atomic mass is 9.96. The summed E-state index contributed by atoms with van der Waals surface area (Å²) in [6.07, 6.45) is 1.68. The lowest BCUT2D eigenvalue weighted by Gasteiger charge is -2.23. The van der Waals surface area contributed by atoms with Crippen LogP contribution in [0.25, 0.3) is 6.08 Å². The van der Waals surface area contributed by atoms with Gasteiger partial charge in [-0.05, 0) is 23.8 Å². The minimum Gasteiger partial charge on any atom is -0.504 e. The van der Waals surface area contributed by atoms with Crippen LogP contribution in [0, 0.1) is 0 Å². The van der Waals surface area contributed by atoms with Crippen LogP contribution in [0.3, 0.4) is 0 Å². The molecule has 0 unspecified atom stereocenters. The number of hydrogen-bond donors (Lipinski definition) is 1. The summed E-state index contributed by atoms with van der Waals surface area (Å²) in [5.41, 5.74) is 1.40. The van der Waals surface area contributed by atoms with Crippen LogP contribution in [0.5, 0.6) is 34.5 Å². The van der Waals surface area contributed by atoms with Gasteiger partial charge in [-0.3, -0.25) is 4.79 Å². The number of ketones is 1. The van der Waals surface area contributed by atoms with Gasteiger partial charge in [0.05, 0.1) is 28.4 Å². The van der Waals surface area contributed by atoms with Crippen LogP contribution >= 0.6 is 0 Å². The molecule has 1 aliphatic heterocycles. The highest BCUT2D eigenvalue weighted by Crippen LogP contribution is 2.47. The number of benzene rings is 2. The summed E-state index contributed by atoms with van der Waals surface area (Å²) in [7, 11) is 5.88. The number of phenols is 1. The molecular weight excluding hydrogens is 352 g/mol. The fourth-order valence-corrected chi connectivity index (χ4v) is 2.94. The van der Waals surface area contributed by atoms with E-state index in [9.17, 15) is 9.90 Å². The molecule has 1 N–H and O–H groups in total. The molecule has 0 saturated heterocycles. The van der Waals surface area contributed by atoms with Crippen molar-refractivity contribution >= 4 is 11.9 Å². The maximum atomic E-state index is 13.1. The number of fused-ring (bicyclic) bond motifs is 1. The third-order valence-corrected chi connectivity index (χ3v) is 4.24. The fourth-order valence-electron chi connectivity index (χ4n) is 2.94. The number of phenolic OH excluding ortho intramolecular Hbond substituents is 1. The van der Waals surface area contributed by atoms with Crippen molar-refractivity contribution in [3.05, 3.63) is 41.0 Å². The van der Waals surface area contributed by atoms with Crippen LogP contribution < -0.4 is 23.7 Å². The predicted molar refractivity (Wildman–Crippen MR) is 98.6 cm³/mol. The van der Waals surface area contributed by atoms with Crippen LogP contribution in [-0.2, 0) is 0 Å². The Hall–Kier alpha value is -3.35. The van der Waals surface area contributed by atoms with Gasteiger partial charge in [-0.25, -0.2) is 0 Å². The number of hydrogen-bond acceptors (Lipinski definition) is 7. The van der Waals surface area contributed by atoms with E-state index >= 15 is 0 Å². The molecule has 0 saturated carbocycles. The van der Waals surface area contributed by atoms with E-state index in [1.807, 2.05) is 0 Å². The number of carbonyl (C=O) groups is 1. The maximum absolute atomic E-state index is 13.1. The van der Waals surface area contributed by atoms with E-state index in [1.165, 1.54) is 34.5 Å². The second-order valence-electron chi connectivity index (χ2n) is 5.74. The highest BCUT2D eigenvalue weighted by molar-refractivity contribution is 6.16. The highest BCUT2D eigenvalue weighted by Gasteiger charge is 2.32. The van der Waals surface area contributed by atoms with Crippen molar-refractivity contribution in [3.63, 3.8) is 0 Å². The summed E-state index contributed by atoms with van der Waals surface area (Å²) >= 11 is 0. The molecule has 0 radical (unpaired) electrons. The quantitative estimate of drug-likeness (QED) is 0.808. The molecule has 2 aromatic rings. The third-order valence-electron chi connectivity index (χ3n) is 4.24. The highest BCUT2D eigenvalue weighted by atomic mass is 16.5. The normalized spacial score (nSPS) is 14.4. The molecule has 0 aliphatic carbocycles. The summed E-state index contributed by atoms with van der Waals surface area (Å²) in [6, 6.07) is 6.42. The van der Waals surface area contributed by atoms with Crippen molar-refractivity contribution in [1.29, 1.82) is 0 Å². The van der Waals surface area contributed by atoms with E-state index < -0.39 is 0 Å². The standard InChI is InChI=1S/C20H20O7/c1-23-14-8-11(5-6-13(14)21)7-12-10-27-15-9-16(24-2)19(25-3)20(26-4)17(15)18(12)22/h5-9,21H,10H2,1-4H3/b12-7+. The average molecular weight is 372 g/mol. The first kappa shape index (κ1) is 18.4. The van der Waals surface area contributed by atoms with E-state index in [4.69, 9.17) is 23.7 Å². The summed E-state index contributed by atoms with van der Waals surface area (Å²) in [4.78, 5) is 13.1. The Labute approximate surface area is 156 Å². The summed E-state index contributed by atoms with van der Waals surface area (Å²) in [5.74, 6) is 1.47.